The zero-order valence-electron chi connectivity index (χ0n) is 11.3. The van der Waals surface area contributed by atoms with Crippen LogP contribution in [0.2, 0.25) is 0 Å². The number of nitrogen functional groups attached to an aromatic ring is 1. The Kier molecular flexibility index (Phi) is 4.18. The van der Waals surface area contributed by atoms with Crippen LogP contribution >= 0.6 is 15.9 Å². The number of aromatic nitrogens is 2. The Morgan fingerprint density at radius 2 is 2.05 bits per heavy atom. The molecule has 0 aliphatic heterocycles. The van der Waals surface area contributed by atoms with E-state index in [2.05, 4.69) is 21.0 Å². The van der Waals surface area contributed by atoms with E-state index in [1.165, 1.54) is 6.07 Å². The lowest BCUT2D eigenvalue weighted by molar-refractivity contribution is -0.137. The number of alkyl halides is 3. The quantitative estimate of drug-likeness (QED) is 0.846. The summed E-state index contributed by atoms with van der Waals surface area (Å²) < 4.78 is 45.6. The van der Waals surface area contributed by atoms with Gasteiger partial charge in [0.25, 0.3) is 0 Å². The van der Waals surface area contributed by atoms with E-state index in [1.54, 1.807) is 11.7 Å². The third-order valence-corrected chi connectivity index (χ3v) is 3.99. The maximum absolute atomic E-state index is 12.5. The Labute approximate surface area is 127 Å². The van der Waals surface area contributed by atoms with Crippen LogP contribution in [0.4, 0.5) is 18.9 Å². The van der Waals surface area contributed by atoms with Crippen LogP contribution in [0.25, 0.3) is 0 Å². The highest BCUT2D eigenvalue weighted by atomic mass is 79.9. The molecule has 0 aliphatic carbocycles. The second-order valence-electron chi connectivity index (χ2n) is 4.51. The van der Waals surface area contributed by atoms with Crippen molar-refractivity contribution in [1.29, 1.82) is 0 Å². The average Bonchev–Trinajstić information content (AvgIpc) is 2.61. The highest BCUT2D eigenvalue weighted by Gasteiger charge is 2.31. The second-order valence-corrected chi connectivity index (χ2v) is 5.30. The van der Waals surface area contributed by atoms with Crippen molar-refractivity contribution in [3.63, 3.8) is 0 Å². The number of halogens is 4. The topological polar surface area (TPSA) is 53.1 Å². The number of benzene rings is 1. The molecule has 0 saturated carbocycles. The first-order valence-corrected chi connectivity index (χ1v) is 6.77. The van der Waals surface area contributed by atoms with Crippen LogP contribution in [0.1, 0.15) is 17.0 Å². The molecule has 8 heteroatoms. The molecule has 0 fully saturated rings. The van der Waals surface area contributed by atoms with Gasteiger partial charge in [0.2, 0.25) is 0 Å². The van der Waals surface area contributed by atoms with Crippen LogP contribution in [0.5, 0.6) is 5.75 Å². The number of hydrogen-bond acceptors (Lipinski definition) is 3. The average molecular weight is 364 g/mol. The van der Waals surface area contributed by atoms with Crippen LogP contribution in [0.15, 0.2) is 22.7 Å². The van der Waals surface area contributed by atoms with Gasteiger partial charge in [-0.15, -0.1) is 0 Å². The summed E-state index contributed by atoms with van der Waals surface area (Å²) in [6.07, 6.45) is -4.42. The molecule has 2 N–H and O–H groups in total. The van der Waals surface area contributed by atoms with Crippen LogP contribution < -0.4 is 10.5 Å². The molecule has 2 aromatic rings. The summed E-state index contributed by atoms with van der Waals surface area (Å²) in [6.45, 7) is 1.98. The highest BCUT2D eigenvalue weighted by Crippen LogP contribution is 2.34. The van der Waals surface area contributed by atoms with Crippen molar-refractivity contribution in [3.05, 3.63) is 39.6 Å². The summed E-state index contributed by atoms with van der Waals surface area (Å²) in [7, 11) is 1.76. The maximum Gasteiger partial charge on any atom is 0.416 e. The molecule has 0 saturated heterocycles. The zero-order chi connectivity index (χ0) is 15.8. The van der Waals surface area contributed by atoms with E-state index in [4.69, 9.17) is 10.5 Å². The van der Waals surface area contributed by atoms with E-state index >= 15 is 0 Å². The minimum absolute atomic E-state index is 0.0557. The smallest absolute Gasteiger partial charge is 0.416 e. The summed E-state index contributed by atoms with van der Waals surface area (Å²) >= 11 is 3.39. The van der Waals surface area contributed by atoms with Gasteiger partial charge < -0.3 is 10.5 Å². The van der Waals surface area contributed by atoms with Gasteiger partial charge in [0.1, 0.15) is 12.4 Å². The molecular formula is C13H13BrF3N3O. The predicted molar refractivity (Wildman–Crippen MR) is 75.8 cm³/mol. The lowest BCUT2D eigenvalue weighted by Gasteiger charge is -2.12. The molecule has 21 heavy (non-hydrogen) atoms. The van der Waals surface area contributed by atoms with Gasteiger partial charge >= 0.3 is 6.18 Å². The number of nitrogens with two attached hydrogens (primary N) is 1. The van der Waals surface area contributed by atoms with Crippen LogP contribution in [-0.2, 0) is 19.8 Å². The number of anilines is 1. The van der Waals surface area contributed by atoms with Crippen molar-refractivity contribution in [3.8, 4) is 5.75 Å². The summed E-state index contributed by atoms with van der Waals surface area (Å²) in [5.41, 5.74) is 6.32. The Morgan fingerprint density at radius 1 is 1.38 bits per heavy atom. The van der Waals surface area contributed by atoms with Gasteiger partial charge in [0.05, 0.1) is 27.1 Å². The maximum atomic E-state index is 12.5. The molecule has 0 aliphatic rings. The number of hydrogen-bond donors (Lipinski definition) is 1. The first kappa shape index (κ1) is 15.7. The molecule has 114 valence electrons. The van der Waals surface area contributed by atoms with E-state index in [0.29, 0.717) is 0 Å². The summed E-state index contributed by atoms with van der Waals surface area (Å²) in [4.78, 5) is 0. The molecule has 1 aromatic carbocycles. The molecule has 0 amide bonds. The summed E-state index contributed by atoms with van der Waals surface area (Å²) in [6, 6.07) is 3.02. The minimum Gasteiger partial charge on any atom is -0.485 e. The van der Waals surface area contributed by atoms with E-state index in [-0.39, 0.29) is 18.0 Å². The fraction of sp³-hybridized carbons (Fsp3) is 0.308. The van der Waals surface area contributed by atoms with Crippen LogP contribution in [0.3, 0.4) is 0 Å². The van der Waals surface area contributed by atoms with E-state index in [1.807, 2.05) is 6.92 Å². The van der Waals surface area contributed by atoms with E-state index in [9.17, 15) is 13.2 Å². The first-order valence-electron chi connectivity index (χ1n) is 5.97. The Morgan fingerprint density at radius 3 is 2.52 bits per heavy atom. The molecule has 0 radical (unpaired) electrons. The SMILES string of the molecule is Cc1nn(C)c(COc2ccc(C(F)(F)F)cc2N)c1Br. The lowest BCUT2D eigenvalue weighted by atomic mass is 10.2. The second kappa shape index (κ2) is 5.59. The number of aryl methyl sites for hydroxylation is 2. The fourth-order valence-electron chi connectivity index (χ4n) is 1.84. The Balaban J connectivity index is 2.17. The van der Waals surface area contributed by atoms with Gasteiger partial charge in [-0.25, -0.2) is 0 Å². The molecule has 2 rings (SSSR count). The highest BCUT2D eigenvalue weighted by molar-refractivity contribution is 9.10. The Hall–Kier alpha value is -1.70. The fourth-order valence-corrected chi connectivity index (χ4v) is 2.29. The van der Waals surface area contributed by atoms with Gasteiger partial charge in [-0.1, -0.05) is 0 Å². The normalized spacial score (nSPS) is 11.7. The van der Waals surface area contributed by atoms with Gasteiger partial charge in [-0.05, 0) is 41.1 Å². The molecule has 0 unspecified atom stereocenters. The minimum atomic E-state index is -4.42. The van der Waals surface area contributed by atoms with E-state index < -0.39 is 11.7 Å². The van der Waals surface area contributed by atoms with E-state index in [0.717, 1.165) is 28.0 Å². The van der Waals surface area contributed by atoms with Crippen molar-refractivity contribution in [1.82, 2.24) is 9.78 Å². The first-order chi connectivity index (χ1) is 9.70. The van der Waals surface area contributed by atoms with Crippen molar-refractivity contribution in [2.24, 2.45) is 7.05 Å². The van der Waals surface area contributed by atoms with Crippen molar-refractivity contribution >= 4 is 21.6 Å². The zero-order valence-corrected chi connectivity index (χ0v) is 12.9. The molecule has 4 nitrogen and oxygen atoms in total. The van der Waals surface area contributed by atoms with Gasteiger partial charge in [0, 0.05) is 7.05 Å². The largest absolute Gasteiger partial charge is 0.485 e. The molecule has 1 heterocycles. The van der Waals surface area contributed by atoms with Gasteiger partial charge in [-0.3, -0.25) is 4.68 Å². The van der Waals surface area contributed by atoms with Gasteiger partial charge in [-0.2, -0.15) is 18.3 Å². The molecule has 0 spiro atoms. The van der Waals surface area contributed by atoms with Gasteiger partial charge in [0.15, 0.2) is 0 Å². The monoisotopic (exact) mass is 363 g/mol. The lowest BCUT2D eigenvalue weighted by Crippen LogP contribution is -2.08. The van der Waals surface area contributed by atoms with Crippen LogP contribution in [0, 0.1) is 6.92 Å². The molecule has 0 atom stereocenters. The third-order valence-electron chi connectivity index (χ3n) is 2.96. The molecule has 1 aromatic heterocycles. The summed E-state index contributed by atoms with van der Waals surface area (Å²) in [5.74, 6) is 0.203. The van der Waals surface area contributed by atoms with Crippen LogP contribution in [-0.4, -0.2) is 9.78 Å². The van der Waals surface area contributed by atoms with Crippen molar-refractivity contribution < 1.29 is 17.9 Å². The molecule has 0 bridgehead atoms. The standard InChI is InChI=1S/C13H13BrF3N3O/c1-7-12(14)10(20(2)19-7)6-21-11-4-3-8(5-9(11)18)13(15,16)17/h3-5H,6,18H2,1-2H3. The number of rotatable bonds is 3. The molecular weight excluding hydrogens is 351 g/mol. The number of ether oxygens (including phenoxy) is 1. The predicted octanol–water partition coefficient (Wildman–Crippen LogP) is 3.67. The Bertz CT molecular complexity index is 667. The summed E-state index contributed by atoms with van der Waals surface area (Å²) in [5, 5.41) is 4.20. The third kappa shape index (κ3) is 3.31. The number of nitrogens with zero attached hydrogens (tertiary/aromatic N) is 2. The van der Waals surface area contributed by atoms with Crippen molar-refractivity contribution in [2.45, 2.75) is 19.7 Å². The van der Waals surface area contributed by atoms with Crippen molar-refractivity contribution in [2.75, 3.05) is 5.73 Å².